The van der Waals surface area contributed by atoms with Crippen LogP contribution in [0, 0.1) is 5.92 Å². The summed E-state index contributed by atoms with van der Waals surface area (Å²) >= 11 is 5.56. The number of carbonyl (C=O) groups excluding carboxylic acids is 1. The topological polar surface area (TPSA) is 32.8 Å². The highest BCUT2D eigenvalue weighted by molar-refractivity contribution is 6.27. The number of piperidine rings is 1. The fraction of sp³-hybridized carbons (Fsp3) is 0.917. The quantitative estimate of drug-likeness (QED) is 0.704. The molecular formula is C12H21ClN2O2. The van der Waals surface area contributed by atoms with Crippen LogP contribution >= 0.6 is 11.6 Å². The van der Waals surface area contributed by atoms with Crippen LogP contribution in [-0.2, 0) is 9.53 Å². The fourth-order valence-corrected chi connectivity index (χ4v) is 2.77. The minimum absolute atomic E-state index is 0.0801. The van der Waals surface area contributed by atoms with Crippen molar-refractivity contribution in [3.05, 3.63) is 0 Å². The second-order valence-electron chi connectivity index (χ2n) is 4.87. The predicted octanol–water partition coefficient (Wildman–Crippen LogP) is 0.796. The van der Waals surface area contributed by atoms with Gasteiger partial charge in [-0.15, -0.1) is 11.6 Å². The molecule has 2 saturated heterocycles. The first kappa shape index (κ1) is 13.1. The van der Waals surface area contributed by atoms with E-state index in [4.69, 9.17) is 16.3 Å². The van der Waals surface area contributed by atoms with Gasteiger partial charge in [0.2, 0.25) is 5.91 Å². The van der Waals surface area contributed by atoms with Crippen LogP contribution in [0.4, 0.5) is 0 Å². The number of rotatable bonds is 3. The largest absolute Gasteiger partial charge is 0.379 e. The number of halogens is 1. The van der Waals surface area contributed by atoms with Crippen molar-refractivity contribution in [3.63, 3.8) is 0 Å². The molecule has 0 aromatic rings. The average Bonchev–Trinajstić information content (AvgIpc) is 2.40. The molecule has 2 rings (SSSR count). The summed E-state index contributed by atoms with van der Waals surface area (Å²) in [6.45, 7) is 6.75. The van der Waals surface area contributed by atoms with Crippen LogP contribution in [0.15, 0.2) is 0 Å². The molecule has 98 valence electrons. The summed E-state index contributed by atoms with van der Waals surface area (Å²) in [6.07, 6.45) is 2.22. The first-order valence-corrected chi connectivity index (χ1v) is 6.97. The van der Waals surface area contributed by atoms with Crippen molar-refractivity contribution < 1.29 is 9.53 Å². The second kappa shape index (κ2) is 6.57. The number of carbonyl (C=O) groups is 1. The van der Waals surface area contributed by atoms with E-state index in [-0.39, 0.29) is 11.8 Å². The predicted molar refractivity (Wildman–Crippen MR) is 67.3 cm³/mol. The lowest BCUT2D eigenvalue weighted by atomic mass is 9.96. The molecule has 0 aromatic heterocycles. The van der Waals surface area contributed by atoms with E-state index in [0.717, 1.165) is 64.7 Å². The van der Waals surface area contributed by atoms with E-state index in [9.17, 15) is 4.79 Å². The number of amides is 1. The Hall–Kier alpha value is -0.320. The lowest BCUT2D eigenvalue weighted by Gasteiger charge is -2.35. The molecule has 2 aliphatic rings. The third kappa shape index (κ3) is 3.83. The Bertz CT molecular complexity index is 249. The van der Waals surface area contributed by atoms with Gasteiger partial charge >= 0.3 is 0 Å². The Labute approximate surface area is 108 Å². The highest BCUT2D eigenvalue weighted by Gasteiger charge is 2.24. The van der Waals surface area contributed by atoms with Crippen LogP contribution in [0.25, 0.3) is 0 Å². The van der Waals surface area contributed by atoms with Crippen molar-refractivity contribution in [3.8, 4) is 0 Å². The van der Waals surface area contributed by atoms with Gasteiger partial charge in [-0.1, -0.05) is 0 Å². The normalized spacial score (nSPS) is 23.9. The molecule has 0 unspecified atom stereocenters. The molecule has 5 heteroatoms. The molecule has 0 N–H and O–H groups in total. The molecule has 0 aliphatic carbocycles. The van der Waals surface area contributed by atoms with Crippen LogP contribution in [-0.4, -0.2) is 67.5 Å². The third-order valence-electron chi connectivity index (χ3n) is 3.70. The number of hydrogen-bond acceptors (Lipinski definition) is 3. The number of alkyl halides is 1. The third-order valence-corrected chi connectivity index (χ3v) is 3.93. The zero-order valence-electron chi connectivity index (χ0n) is 10.2. The first-order valence-electron chi connectivity index (χ1n) is 6.43. The number of ether oxygens (including phenoxy) is 1. The van der Waals surface area contributed by atoms with E-state index in [1.165, 1.54) is 0 Å². The zero-order chi connectivity index (χ0) is 12.1. The maximum Gasteiger partial charge on any atom is 0.237 e. The van der Waals surface area contributed by atoms with E-state index >= 15 is 0 Å². The Morgan fingerprint density at radius 3 is 2.41 bits per heavy atom. The molecule has 0 spiro atoms. The highest BCUT2D eigenvalue weighted by Crippen LogP contribution is 2.19. The van der Waals surface area contributed by atoms with Gasteiger partial charge in [-0.3, -0.25) is 9.69 Å². The lowest BCUT2D eigenvalue weighted by Crippen LogP contribution is -2.44. The molecule has 2 aliphatic heterocycles. The minimum Gasteiger partial charge on any atom is -0.379 e. The smallest absolute Gasteiger partial charge is 0.237 e. The van der Waals surface area contributed by atoms with Crippen LogP contribution in [0.1, 0.15) is 12.8 Å². The Morgan fingerprint density at radius 2 is 1.82 bits per heavy atom. The SMILES string of the molecule is O=C(CCl)N1CCC(CN2CCOCC2)CC1. The number of morpholine rings is 1. The summed E-state index contributed by atoms with van der Waals surface area (Å²) < 4.78 is 5.34. The zero-order valence-corrected chi connectivity index (χ0v) is 11.0. The van der Waals surface area contributed by atoms with Crippen LogP contribution in [0.3, 0.4) is 0 Å². The van der Waals surface area contributed by atoms with Gasteiger partial charge in [0.15, 0.2) is 0 Å². The average molecular weight is 261 g/mol. The molecular weight excluding hydrogens is 240 g/mol. The Balaban J connectivity index is 1.69. The standard InChI is InChI=1S/C12H21ClN2O2/c13-9-12(16)15-3-1-11(2-4-15)10-14-5-7-17-8-6-14/h11H,1-10H2. The summed E-state index contributed by atoms with van der Waals surface area (Å²) in [5.74, 6) is 0.928. The highest BCUT2D eigenvalue weighted by atomic mass is 35.5. The summed E-state index contributed by atoms with van der Waals surface area (Å²) in [4.78, 5) is 15.8. The van der Waals surface area contributed by atoms with Gasteiger partial charge in [-0.05, 0) is 18.8 Å². The van der Waals surface area contributed by atoms with Crippen molar-refractivity contribution in [2.24, 2.45) is 5.92 Å². The minimum atomic E-state index is 0.0801. The first-order chi connectivity index (χ1) is 8.29. The van der Waals surface area contributed by atoms with Gasteiger partial charge in [-0.25, -0.2) is 0 Å². The van der Waals surface area contributed by atoms with E-state index in [1.54, 1.807) is 0 Å². The molecule has 17 heavy (non-hydrogen) atoms. The molecule has 0 bridgehead atoms. The monoisotopic (exact) mass is 260 g/mol. The molecule has 2 fully saturated rings. The summed E-state index contributed by atoms with van der Waals surface area (Å²) in [6, 6.07) is 0. The van der Waals surface area contributed by atoms with Crippen LogP contribution in [0.2, 0.25) is 0 Å². The molecule has 0 radical (unpaired) electrons. The lowest BCUT2D eigenvalue weighted by molar-refractivity contribution is -0.129. The second-order valence-corrected chi connectivity index (χ2v) is 5.14. The Kier molecular flexibility index (Phi) is 5.07. The maximum absolute atomic E-state index is 11.4. The van der Waals surface area contributed by atoms with Gasteiger partial charge in [0.05, 0.1) is 13.2 Å². The van der Waals surface area contributed by atoms with Crippen molar-refractivity contribution in [2.75, 3.05) is 51.8 Å². The van der Waals surface area contributed by atoms with Crippen molar-refractivity contribution in [1.82, 2.24) is 9.80 Å². The van der Waals surface area contributed by atoms with E-state index in [2.05, 4.69) is 4.90 Å². The summed E-state index contributed by atoms with van der Waals surface area (Å²) in [5, 5.41) is 0. The number of hydrogen-bond donors (Lipinski definition) is 0. The number of nitrogens with zero attached hydrogens (tertiary/aromatic N) is 2. The van der Waals surface area contributed by atoms with Gasteiger partial charge in [0, 0.05) is 32.7 Å². The van der Waals surface area contributed by atoms with Crippen LogP contribution < -0.4 is 0 Å². The van der Waals surface area contributed by atoms with E-state index in [1.807, 2.05) is 4.90 Å². The molecule has 0 atom stereocenters. The van der Waals surface area contributed by atoms with Gasteiger partial charge < -0.3 is 9.64 Å². The van der Waals surface area contributed by atoms with E-state index < -0.39 is 0 Å². The maximum atomic E-state index is 11.4. The summed E-state index contributed by atoms with van der Waals surface area (Å²) in [5.41, 5.74) is 0. The molecule has 0 aromatic carbocycles. The van der Waals surface area contributed by atoms with Crippen molar-refractivity contribution in [2.45, 2.75) is 12.8 Å². The van der Waals surface area contributed by atoms with Crippen molar-refractivity contribution >= 4 is 17.5 Å². The van der Waals surface area contributed by atoms with E-state index in [0.29, 0.717) is 0 Å². The van der Waals surface area contributed by atoms with Crippen molar-refractivity contribution in [1.29, 1.82) is 0 Å². The summed E-state index contributed by atoms with van der Waals surface area (Å²) in [7, 11) is 0. The van der Waals surface area contributed by atoms with Crippen LogP contribution in [0.5, 0.6) is 0 Å². The molecule has 1 amide bonds. The molecule has 0 saturated carbocycles. The Morgan fingerprint density at radius 1 is 1.18 bits per heavy atom. The van der Waals surface area contributed by atoms with Gasteiger partial charge in [-0.2, -0.15) is 0 Å². The molecule has 4 nitrogen and oxygen atoms in total. The van der Waals surface area contributed by atoms with Gasteiger partial charge in [0.1, 0.15) is 5.88 Å². The fourth-order valence-electron chi connectivity index (χ4n) is 2.60. The van der Waals surface area contributed by atoms with Gasteiger partial charge in [0.25, 0.3) is 0 Å². The number of likely N-dealkylation sites (tertiary alicyclic amines) is 1. The molecule has 2 heterocycles.